The molecule has 0 aromatic heterocycles. The van der Waals surface area contributed by atoms with E-state index in [4.69, 9.17) is 15.2 Å². The lowest BCUT2D eigenvalue weighted by atomic mass is 9.92. The van der Waals surface area contributed by atoms with Gasteiger partial charge in [0.05, 0.1) is 12.6 Å². The lowest BCUT2D eigenvalue weighted by Crippen LogP contribution is -2.46. The van der Waals surface area contributed by atoms with Gasteiger partial charge in [-0.25, -0.2) is 0 Å². The summed E-state index contributed by atoms with van der Waals surface area (Å²) in [4.78, 5) is 12.3. The van der Waals surface area contributed by atoms with Gasteiger partial charge < -0.3 is 20.5 Å². The number of carbonyl (C=O) groups excluding carboxylic acids is 1. The van der Waals surface area contributed by atoms with Gasteiger partial charge in [-0.1, -0.05) is 30.3 Å². The van der Waals surface area contributed by atoms with Gasteiger partial charge in [0, 0.05) is 26.2 Å². The fourth-order valence-electron chi connectivity index (χ4n) is 3.78. The number of fused-ring (bicyclic) bond motifs is 1. The molecule has 0 aliphatic carbocycles. The van der Waals surface area contributed by atoms with Crippen LogP contribution in [0, 0.1) is 5.92 Å². The quantitative estimate of drug-likeness (QED) is 0.806. The van der Waals surface area contributed by atoms with Crippen molar-refractivity contribution in [1.29, 1.82) is 0 Å². The number of carbonyl (C=O) groups is 1. The Bertz CT molecular complexity index is 804. The fourth-order valence-corrected chi connectivity index (χ4v) is 3.78. The van der Waals surface area contributed by atoms with Crippen molar-refractivity contribution in [3.63, 3.8) is 0 Å². The maximum atomic E-state index is 12.3. The molecule has 0 spiro atoms. The fraction of sp³-hybridized carbons (Fsp3) is 0.409. The van der Waals surface area contributed by atoms with E-state index in [0.717, 1.165) is 37.2 Å². The molecule has 0 radical (unpaired) electrons. The van der Waals surface area contributed by atoms with Gasteiger partial charge in [0.1, 0.15) is 5.75 Å². The minimum atomic E-state index is -0.457. The van der Waals surface area contributed by atoms with E-state index in [-0.39, 0.29) is 24.2 Å². The smallest absolute Gasteiger partial charge is 0.237 e. The number of hydrogen-bond donors (Lipinski definition) is 2. The van der Waals surface area contributed by atoms with Gasteiger partial charge in [0.2, 0.25) is 5.91 Å². The van der Waals surface area contributed by atoms with E-state index in [1.54, 1.807) is 0 Å². The molecule has 1 unspecified atom stereocenters. The first-order chi connectivity index (χ1) is 13.2. The van der Waals surface area contributed by atoms with E-state index < -0.39 is 6.04 Å². The van der Waals surface area contributed by atoms with Crippen LogP contribution in [0.5, 0.6) is 5.75 Å². The third-order valence-corrected chi connectivity index (χ3v) is 5.52. The molecule has 28 heavy (non-hydrogen) atoms. The Morgan fingerprint density at radius 3 is 2.54 bits per heavy atom. The molecule has 0 bridgehead atoms. The van der Waals surface area contributed by atoms with Gasteiger partial charge in [-0.2, -0.15) is 0 Å². The summed E-state index contributed by atoms with van der Waals surface area (Å²) >= 11 is 0. The van der Waals surface area contributed by atoms with Crippen molar-refractivity contribution in [3.8, 4) is 16.9 Å². The third-order valence-electron chi connectivity index (χ3n) is 5.52. The first kappa shape index (κ1) is 20.6. The number of ether oxygens (including phenoxy) is 2. The molecule has 1 fully saturated rings. The van der Waals surface area contributed by atoms with Crippen LogP contribution in [0.4, 0.5) is 0 Å². The largest absolute Gasteiger partial charge is 0.493 e. The summed E-state index contributed by atoms with van der Waals surface area (Å²) in [6.07, 6.45) is 2.69. The van der Waals surface area contributed by atoms with E-state index >= 15 is 0 Å². The molecule has 4 rings (SSSR count). The highest BCUT2D eigenvalue weighted by Gasteiger charge is 2.26. The van der Waals surface area contributed by atoms with Crippen molar-refractivity contribution in [2.45, 2.75) is 31.8 Å². The van der Waals surface area contributed by atoms with Crippen LogP contribution in [0.2, 0.25) is 0 Å². The van der Waals surface area contributed by atoms with Gasteiger partial charge in [-0.15, -0.1) is 12.4 Å². The Balaban J connectivity index is 0.00000225. The molecule has 1 atom stereocenters. The Labute approximate surface area is 172 Å². The molecule has 2 heterocycles. The second-order valence-electron chi connectivity index (χ2n) is 7.31. The second kappa shape index (κ2) is 9.41. The summed E-state index contributed by atoms with van der Waals surface area (Å²) < 4.78 is 10.9. The average Bonchev–Trinajstić information content (AvgIpc) is 3.20. The lowest BCUT2D eigenvalue weighted by Gasteiger charge is -2.26. The highest BCUT2D eigenvalue weighted by Crippen LogP contribution is 2.30. The van der Waals surface area contributed by atoms with Gasteiger partial charge >= 0.3 is 0 Å². The summed E-state index contributed by atoms with van der Waals surface area (Å²) in [5.74, 6) is 1.13. The summed E-state index contributed by atoms with van der Waals surface area (Å²) in [6, 6.07) is 14.2. The third kappa shape index (κ3) is 4.66. The molecular weight excluding hydrogens is 376 g/mol. The van der Waals surface area contributed by atoms with Crippen LogP contribution >= 0.6 is 12.4 Å². The highest BCUT2D eigenvalue weighted by molar-refractivity contribution is 5.85. The predicted octanol–water partition coefficient (Wildman–Crippen LogP) is 3.08. The number of amides is 1. The standard InChI is InChI=1S/C22H26N2O3.ClH/c23-21(17-7-10-26-11-8-17)22(25)24-14-15-1-3-16(4-2-15)18-5-6-20-19(13-18)9-12-27-20;/h1-6,13,17,21H,7-12,14,23H2,(H,24,25);1H. The summed E-state index contributed by atoms with van der Waals surface area (Å²) in [5.41, 5.74) is 10.8. The topological polar surface area (TPSA) is 73.6 Å². The van der Waals surface area contributed by atoms with Crippen molar-refractivity contribution in [3.05, 3.63) is 53.6 Å². The van der Waals surface area contributed by atoms with Crippen molar-refractivity contribution < 1.29 is 14.3 Å². The molecular formula is C22H27ClN2O3. The normalized spacial score (nSPS) is 17.2. The Kier molecular flexibility index (Phi) is 6.94. The SMILES string of the molecule is Cl.NC(C(=O)NCc1ccc(-c2ccc3c(c2)CCO3)cc1)C1CCOCC1. The molecule has 6 heteroatoms. The van der Waals surface area contributed by atoms with E-state index in [1.807, 2.05) is 6.07 Å². The minimum Gasteiger partial charge on any atom is -0.493 e. The lowest BCUT2D eigenvalue weighted by molar-refractivity contribution is -0.124. The zero-order valence-corrected chi connectivity index (χ0v) is 16.7. The zero-order chi connectivity index (χ0) is 18.6. The van der Waals surface area contributed by atoms with Crippen LogP contribution in [0.3, 0.4) is 0 Å². The first-order valence-corrected chi connectivity index (χ1v) is 9.67. The molecule has 2 aromatic rings. The van der Waals surface area contributed by atoms with Crippen LogP contribution in [-0.4, -0.2) is 31.8 Å². The Morgan fingerprint density at radius 1 is 1.07 bits per heavy atom. The molecule has 0 saturated carbocycles. The van der Waals surface area contributed by atoms with Gasteiger partial charge in [0.25, 0.3) is 0 Å². The molecule has 5 nitrogen and oxygen atoms in total. The summed E-state index contributed by atoms with van der Waals surface area (Å²) in [5, 5.41) is 2.97. The molecule has 1 saturated heterocycles. The average molecular weight is 403 g/mol. The van der Waals surface area contributed by atoms with Crippen molar-refractivity contribution in [1.82, 2.24) is 5.32 Å². The predicted molar refractivity (Wildman–Crippen MR) is 112 cm³/mol. The number of rotatable bonds is 5. The summed E-state index contributed by atoms with van der Waals surface area (Å²) in [6.45, 7) is 2.66. The van der Waals surface area contributed by atoms with E-state index in [1.165, 1.54) is 16.7 Å². The van der Waals surface area contributed by atoms with Gasteiger partial charge in [-0.05, 0) is 53.1 Å². The number of halogens is 1. The van der Waals surface area contributed by atoms with Crippen LogP contribution in [-0.2, 0) is 22.5 Å². The minimum absolute atomic E-state index is 0. The van der Waals surface area contributed by atoms with Gasteiger partial charge in [0.15, 0.2) is 0 Å². The first-order valence-electron chi connectivity index (χ1n) is 9.67. The maximum Gasteiger partial charge on any atom is 0.237 e. The molecule has 150 valence electrons. The Hall–Kier alpha value is -2.08. The van der Waals surface area contributed by atoms with E-state index in [2.05, 4.69) is 41.7 Å². The monoisotopic (exact) mass is 402 g/mol. The number of hydrogen-bond acceptors (Lipinski definition) is 4. The van der Waals surface area contributed by atoms with Crippen LogP contribution in [0.1, 0.15) is 24.0 Å². The van der Waals surface area contributed by atoms with Gasteiger partial charge in [-0.3, -0.25) is 4.79 Å². The number of nitrogens with two attached hydrogens (primary N) is 1. The molecule has 2 aliphatic rings. The second-order valence-corrected chi connectivity index (χ2v) is 7.31. The van der Waals surface area contributed by atoms with E-state index in [9.17, 15) is 4.79 Å². The number of nitrogens with one attached hydrogen (secondary N) is 1. The molecule has 1 amide bonds. The highest BCUT2D eigenvalue weighted by atomic mass is 35.5. The number of benzene rings is 2. The Morgan fingerprint density at radius 2 is 1.79 bits per heavy atom. The zero-order valence-electron chi connectivity index (χ0n) is 15.9. The van der Waals surface area contributed by atoms with Crippen molar-refractivity contribution >= 4 is 18.3 Å². The van der Waals surface area contributed by atoms with Crippen LogP contribution < -0.4 is 15.8 Å². The maximum absolute atomic E-state index is 12.3. The summed E-state index contributed by atoms with van der Waals surface area (Å²) in [7, 11) is 0. The van der Waals surface area contributed by atoms with Crippen molar-refractivity contribution in [2.75, 3.05) is 19.8 Å². The van der Waals surface area contributed by atoms with Crippen LogP contribution in [0.25, 0.3) is 11.1 Å². The molecule has 3 N–H and O–H groups in total. The van der Waals surface area contributed by atoms with E-state index in [0.29, 0.717) is 19.8 Å². The molecule has 2 aromatic carbocycles. The van der Waals surface area contributed by atoms with Crippen LogP contribution in [0.15, 0.2) is 42.5 Å². The molecule has 2 aliphatic heterocycles. The van der Waals surface area contributed by atoms with Crippen molar-refractivity contribution in [2.24, 2.45) is 11.7 Å².